The number of aryl methyl sites for hydroxylation is 1. The van der Waals surface area contributed by atoms with E-state index in [9.17, 15) is 23.1 Å². The van der Waals surface area contributed by atoms with Crippen LogP contribution in [0.1, 0.15) is 29.3 Å². The second-order valence-electron chi connectivity index (χ2n) is 7.68. The summed E-state index contributed by atoms with van der Waals surface area (Å²) in [7, 11) is -3.97. The number of amides is 2. The molecule has 1 unspecified atom stereocenters. The SMILES string of the molecule is CCC(C(=O)Nc1cc(O)c(NC(=O)c2ccc(Cl)c(Cl)c2)cc1Cl)S(=O)(=O)c1ccc(C)cc1. The minimum Gasteiger partial charge on any atom is -0.506 e. The van der Waals surface area contributed by atoms with Gasteiger partial charge in [0.15, 0.2) is 9.84 Å². The lowest BCUT2D eigenvalue weighted by atomic mass is 10.2. The Labute approximate surface area is 217 Å². The van der Waals surface area contributed by atoms with E-state index in [0.717, 1.165) is 11.6 Å². The van der Waals surface area contributed by atoms with Crippen LogP contribution in [0.2, 0.25) is 15.1 Å². The molecule has 0 aromatic heterocycles. The first-order valence-electron chi connectivity index (χ1n) is 10.3. The molecule has 35 heavy (non-hydrogen) atoms. The zero-order valence-electron chi connectivity index (χ0n) is 18.6. The number of hydrogen-bond donors (Lipinski definition) is 3. The second kappa shape index (κ2) is 10.9. The van der Waals surface area contributed by atoms with Crippen molar-refractivity contribution in [2.24, 2.45) is 0 Å². The third-order valence-corrected chi connectivity index (χ3v) is 8.44. The lowest BCUT2D eigenvalue weighted by molar-refractivity contribution is -0.115. The maximum absolute atomic E-state index is 13.0. The minimum absolute atomic E-state index is 0.0146. The highest BCUT2D eigenvalue weighted by atomic mass is 35.5. The number of phenolic OH excluding ortho intramolecular Hbond substituents is 1. The Kier molecular flexibility index (Phi) is 8.33. The van der Waals surface area contributed by atoms with E-state index in [0.29, 0.717) is 0 Å². The number of halogens is 3. The normalized spacial score (nSPS) is 12.1. The molecule has 3 N–H and O–H groups in total. The van der Waals surface area contributed by atoms with Crippen molar-refractivity contribution in [3.05, 3.63) is 80.8 Å². The molecule has 3 aromatic carbocycles. The molecule has 184 valence electrons. The van der Waals surface area contributed by atoms with E-state index in [1.54, 1.807) is 19.1 Å². The zero-order chi connectivity index (χ0) is 25.9. The molecular formula is C24H21Cl3N2O5S. The Morgan fingerprint density at radius 2 is 1.54 bits per heavy atom. The van der Waals surface area contributed by atoms with Crippen LogP contribution in [-0.2, 0) is 14.6 Å². The highest BCUT2D eigenvalue weighted by Crippen LogP contribution is 2.35. The van der Waals surface area contributed by atoms with Crippen LogP contribution >= 0.6 is 34.8 Å². The van der Waals surface area contributed by atoms with Crippen LogP contribution in [0.4, 0.5) is 11.4 Å². The van der Waals surface area contributed by atoms with Crippen LogP contribution in [0.15, 0.2) is 59.5 Å². The molecule has 0 aliphatic carbocycles. The van der Waals surface area contributed by atoms with Gasteiger partial charge in [0.2, 0.25) is 5.91 Å². The van der Waals surface area contributed by atoms with Crippen molar-refractivity contribution in [1.29, 1.82) is 0 Å². The number of sulfone groups is 1. The molecule has 0 saturated carbocycles. The van der Waals surface area contributed by atoms with Crippen molar-refractivity contribution in [2.75, 3.05) is 10.6 Å². The number of anilines is 2. The van der Waals surface area contributed by atoms with E-state index >= 15 is 0 Å². The van der Waals surface area contributed by atoms with Crippen LogP contribution in [-0.4, -0.2) is 30.6 Å². The van der Waals surface area contributed by atoms with Gasteiger partial charge < -0.3 is 15.7 Å². The summed E-state index contributed by atoms with van der Waals surface area (Å²) >= 11 is 18.0. The van der Waals surface area contributed by atoms with Crippen LogP contribution in [0.5, 0.6) is 5.75 Å². The topological polar surface area (TPSA) is 113 Å². The summed E-state index contributed by atoms with van der Waals surface area (Å²) < 4.78 is 26.0. The Bertz CT molecular complexity index is 1390. The summed E-state index contributed by atoms with van der Waals surface area (Å²) in [6.45, 7) is 3.41. The predicted octanol–water partition coefficient (Wildman–Crippen LogP) is 6.10. The molecule has 0 fully saturated rings. The molecule has 0 aliphatic rings. The Morgan fingerprint density at radius 3 is 2.14 bits per heavy atom. The first-order valence-corrected chi connectivity index (χ1v) is 13.0. The molecule has 0 saturated heterocycles. The van der Waals surface area contributed by atoms with Gasteiger partial charge in [0.05, 0.1) is 31.3 Å². The van der Waals surface area contributed by atoms with Gasteiger partial charge in [0.1, 0.15) is 11.0 Å². The van der Waals surface area contributed by atoms with Gasteiger partial charge in [-0.2, -0.15) is 0 Å². The molecule has 3 aromatic rings. The van der Waals surface area contributed by atoms with Crippen LogP contribution < -0.4 is 10.6 Å². The van der Waals surface area contributed by atoms with Gasteiger partial charge >= 0.3 is 0 Å². The van der Waals surface area contributed by atoms with E-state index in [2.05, 4.69) is 10.6 Å². The lowest BCUT2D eigenvalue weighted by Gasteiger charge is -2.17. The highest BCUT2D eigenvalue weighted by molar-refractivity contribution is 7.92. The van der Waals surface area contributed by atoms with Crippen LogP contribution in [0, 0.1) is 6.92 Å². The van der Waals surface area contributed by atoms with Crippen molar-refractivity contribution in [1.82, 2.24) is 0 Å². The second-order valence-corrected chi connectivity index (χ2v) is 11.0. The fourth-order valence-corrected chi connectivity index (χ4v) is 5.37. The van der Waals surface area contributed by atoms with Crippen molar-refractivity contribution in [2.45, 2.75) is 30.4 Å². The minimum atomic E-state index is -3.97. The summed E-state index contributed by atoms with van der Waals surface area (Å²) in [5.41, 5.74) is 1.04. The molecule has 0 spiro atoms. The van der Waals surface area contributed by atoms with Gasteiger partial charge in [-0.05, 0) is 49.7 Å². The van der Waals surface area contributed by atoms with E-state index in [1.165, 1.54) is 36.4 Å². The average Bonchev–Trinajstić information content (AvgIpc) is 2.79. The summed E-state index contributed by atoms with van der Waals surface area (Å²) in [4.78, 5) is 25.4. The van der Waals surface area contributed by atoms with Crippen LogP contribution in [0.3, 0.4) is 0 Å². The maximum Gasteiger partial charge on any atom is 0.255 e. The summed E-state index contributed by atoms with van der Waals surface area (Å²) in [6.07, 6.45) is 0.0173. The van der Waals surface area contributed by atoms with Gasteiger partial charge in [0.25, 0.3) is 5.91 Å². The Balaban J connectivity index is 1.80. The third-order valence-electron chi connectivity index (χ3n) is 5.16. The van der Waals surface area contributed by atoms with E-state index < -0.39 is 32.7 Å². The van der Waals surface area contributed by atoms with Gasteiger partial charge in [0, 0.05) is 11.6 Å². The standard InChI is InChI=1S/C24H21Cl3N2O5S/c1-3-22(35(33,34)15-7-4-13(2)5-8-15)24(32)28-19-12-21(30)20(11-18(19)27)29-23(31)14-6-9-16(25)17(26)10-14/h4-12,22,30H,3H2,1-2H3,(H,28,32)(H,29,31). The predicted molar refractivity (Wildman–Crippen MR) is 139 cm³/mol. The zero-order valence-corrected chi connectivity index (χ0v) is 21.7. The molecule has 7 nitrogen and oxygen atoms in total. The molecule has 1 atom stereocenters. The molecule has 2 amide bonds. The van der Waals surface area contributed by atoms with E-state index in [-0.39, 0.29) is 43.3 Å². The first-order chi connectivity index (χ1) is 16.4. The molecular weight excluding hydrogens is 535 g/mol. The van der Waals surface area contributed by atoms with Crippen molar-refractivity contribution in [3.8, 4) is 5.75 Å². The number of hydrogen-bond acceptors (Lipinski definition) is 5. The van der Waals surface area contributed by atoms with E-state index in [4.69, 9.17) is 34.8 Å². The molecule has 0 bridgehead atoms. The Hall–Kier alpha value is -2.78. The molecule has 3 rings (SSSR count). The quantitative estimate of drug-likeness (QED) is 0.305. The van der Waals surface area contributed by atoms with E-state index in [1.807, 2.05) is 6.92 Å². The van der Waals surface area contributed by atoms with Crippen molar-refractivity contribution >= 4 is 67.8 Å². The highest BCUT2D eigenvalue weighted by Gasteiger charge is 2.33. The summed E-state index contributed by atoms with van der Waals surface area (Å²) in [5.74, 6) is -1.78. The smallest absolute Gasteiger partial charge is 0.255 e. The average molecular weight is 556 g/mol. The van der Waals surface area contributed by atoms with Gasteiger partial charge in [-0.3, -0.25) is 9.59 Å². The van der Waals surface area contributed by atoms with Crippen molar-refractivity contribution < 1.29 is 23.1 Å². The number of carbonyl (C=O) groups is 2. The molecule has 0 aliphatic heterocycles. The monoisotopic (exact) mass is 554 g/mol. The fourth-order valence-electron chi connectivity index (χ4n) is 3.24. The molecule has 0 heterocycles. The van der Waals surface area contributed by atoms with Gasteiger partial charge in [-0.15, -0.1) is 0 Å². The Morgan fingerprint density at radius 1 is 0.886 bits per heavy atom. The van der Waals surface area contributed by atoms with Gasteiger partial charge in [-0.1, -0.05) is 59.4 Å². The number of carbonyl (C=O) groups excluding carboxylic acids is 2. The number of rotatable bonds is 7. The van der Waals surface area contributed by atoms with Crippen LogP contribution in [0.25, 0.3) is 0 Å². The number of nitrogens with one attached hydrogen (secondary N) is 2. The maximum atomic E-state index is 13.0. The fraction of sp³-hybridized carbons (Fsp3) is 0.167. The third kappa shape index (κ3) is 6.08. The number of aromatic hydroxyl groups is 1. The number of phenols is 1. The largest absolute Gasteiger partial charge is 0.506 e. The van der Waals surface area contributed by atoms with Gasteiger partial charge in [-0.25, -0.2) is 8.42 Å². The first kappa shape index (κ1) is 26.8. The lowest BCUT2D eigenvalue weighted by Crippen LogP contribution is -2.34. The van der Waals surface area contributed by atoms with Crippen molar-refractivity contribution in [3.63, 3.8) is 0 Å². The molecule has 0 radical (unpaired) electrons. The summed E-state index contributed by atoms with van der Waals surface area (Å²) in [5, 5.41) is 14.4. The number of benzene rings is 3. The summed E-state index contributed by atoms with van der Waals surface area (Å²) in [6, 6.07) is 12.8. The molecule has 11 heteroatoms.